The summed E-state index contributed by atoms with van der Waals surface area (Å²) in [5, 5.41) is 13.2. The van der Waals surface area contributed by atoms with E-state index in [2.05, 4.69) is 19.2 Å². The van der Waals surface area contributed by atoms with Gasteiger partial charge in [0.05, 0.1) is 5.60 Å². The summed E-state index contributed by atoms with van der Waals surface area (Å²) in [6.07, 6.45) is 2.46. The van der Waals surface area contributed by atoms with Crippen molar-refractivity contribution in [3.63, 3.8) is 0 Å². The second kappa shape index (κ2) is 5.04. The van der Waals surface area contributed by atoms with Crippen LogP contribution in [0.5, 0.6) is 0 Å². The van der Waals surface area contributed by atoms with Gasteiger partial charge in [-0.2, -0.15) is 0 Å². The minimum absolute atomic E-state index is 0.0723. The molecule has 2 N–H and O–H groups in total. The van der Waals surface area contributed by atoms with E-state index in [0.29, 0.717) is 11.8 Å². The number of carbonyl (C=O) groups is 1. The lowest BCUT2D eigenvalue weighted by Crippen LogP contribution is -2.21. The highest BCUT2D eigenvalue weighted by molar-refractivity contribution is 5.87. The zero-order valence-corrected chi connectivity index (χ0v) is 12.5. The Bertz CT molecular complexity index is 350. The fraction of sp³-hybridized carbons (Fsp3) is 0.800. The molecule has 1 aliphatic rings. The SMILES string of the molecule is CC(=O)/C=C(\C)NC[C@@H]1[C@H](CC(C)(C)O)C1(C)C. The minimum atomic E-state index is -0.596. The molecule has 0 aromatic heterocycles. The first-order chi connectivity index (χ1) is 8.04. The topological polar surface area (TPSA) is 49.3 Å². The summed E-state index contributed by atoms with van der Waals surface area (Å²) < 4.78 is 0. The average Bonchev–Trinajstić information content (AvgIpc) is 2.60. The minimum Gasteiger partial charge on any atom is -0.390 e. The van der Waals surface area contributed by atoms with Gasteiger partial charge in [-0.1, -0.05) is 13.8 Å². The van der Waals surface area contributed by atoms with Gasteiger partial charge in [0.25, 0.3) is 0 Å². The fourth-order valence-electron chi connectivity index (χ4n) is 2.83. The molecule has 1 fully saturated rings. The van der Waals surface area contributed by atoms with Gasteiger partial charge in [0, 0.05) is 12.2 Å². The lowest BCUT2D eigenvalue weighted by atomic mass is 9.97. The van der Waals surface area contributed by atoms with Gasteiger partial charge in [0.1, 0.15) is 0 Å². The van der Waals surface area contributed by atoms with Gasteiger partial charge < -0.3 is 10.4 Å². The zero-order chi connectivity index (χ0) is 14.1. The Morgan fingerprint density at radius 3 is 2.33 bits per heavy atom. The molecule has 0 unspecified atom stereocenters. The van der Waals surface area contributed by atoms with Crippen LogP contribution in [0, 0.1) is 17.3 Å². The maximum Gasteiger partial charge on any atom is 0.154 e. The highest BCUT2D eigenvalue weighted by Crippen LogP contribution is 2.60. The van der Waals surface area contributed by atoms with Crippen LogP contribution in [0.15, 0.2) is 11.8 Å². The molecule has 18 heavy (non-hydrogen) atoms. The molecular formula is C15H27NO2. The highest BCUT2D eigenvalue weighted by Gasteiger charge is 2.57. The van der Waals surface area contributed by atoms with Crippen molar-refractivity contribution < 1.29 is 9.90 Å². The van der Waals surface area contributed by atoms with E-state index in [1.165, 1.54) is 0 Å². The Balaban J connectivity index is 2.47. The normalized spacial score (nSPS) is 26.9. The van der Waals surface area contributed by atoms with Crippen molar-refractivity contribution in [1.29, 1.82) is 0 Å². The number of hydrogen-bond acceptors (Lipinski definition) is 3. The van der Waals surface area contributed by atoms with Crippen molar-refractivity contribution >= 4 is 5.78 Å². The lowest BCUT2D eigenvalue weighted by molar-refractivity contribution is -0.112. The third kappa shape index (κ3) is 4.13. The summed E-state index contributed by atoms with van der Waals surface area (Å²) in [7, 11) is 0. The molecule has 0 aromatic rings. The smallest absolute Gasteiger partial charge is 0.154 e. The average molecular weight is 253 g/mol. The molecule has 0 amide bonds. The molecule has 0 radical (unpaired) electrons. The van der Waals surface area contributed by atoms with Gasteiger partial charge in [-0.25, -0.2) is 0 Å². The van der Waals surface area contributed by atoms with Gasteiger partial charge in [-0.15, -0.1) is 0 Å². The van der Waals surface area contributed by atoms with E-state index in [1.807, 2.05) is 20.8 Å². The van der Waals surface area contributed by atoms with E-state index in [1.54, 1.807) is 13.0 Å². The van der Waals surface area contributed by atoms with Crippen LogP contribution in [0.1, 0.15) is 48.0 Å². The molecule has 1 rings (SSSR count). The number of nitrogens with one attached hydrogen (secondary N) is 1. The Hall–Kier alpha value is -0.830. The van der Waals surface area contributed by atoms with Crippen LogP contribution in [0.4, 0.5) is 0 Å². The zero-order valence-electron chi connectivity index (χ0n) is 12.5. The maximum atomic E-state index is 10.9. The molecule has 2 atom stereocenters. The number of carbonyl (C=O) groups excluding carboxylic acids is 1. The molecule has 3 nitrogen and oxygen atoms in total. The van der Waals surface area contributed by atoms with Crippen LogP contribution in [-0.4, -0.2) is 23.0 Å². The van der Waals surface area contributed by atoms with Crippen molar-refractivity contribution in [2.75, 3.05) is 6.54 Å². The van der Waals surface area contributed by atoms with E-state index >= 15 is 0 Å². The third-order valence-corrected chi connectivity index (χ3v) is 4.03. The number of hydrogen-bond donors (Lipinski definition) is 2. The second-order valence-corrected chi connectivity index (χ2v) is 6.87. The molecule has 3 heteroatoms. The van der Waals surface area contributed by atoms with Crippen molar-refractivity contribution in [3.05, 3.63) is 11.8 Å². The number of rotatable bonds is 6. The largest absolute Gasteiger partial charge is 0.390 e. The number of ketones is 1. The van der Waals surface area contributed by atoms with E-state index in [0.717, 1.165) is 18.7 Å². The van der Waals surface area contributed by atoms with Crippen molar-refractivity contribution in [3.8, 4) is 0 Å². The Morgan fingerprint density at radius 1 is 1.33 bits per heavy atom. The first kappa shape index (κ1) is 15.2. The van der Waals surface area contributed by atoms with Crippen LogP contribution >= 0.6 is 0 Å². The molecule has 0 aliphatic heterocycles. The van der Waals surface area contributed by atoms with Crippen LogP contribution < -0.4 is 5.32 Å². The van der Waals surface area contributed by atoms with Crippen molar-refractivity contribution in [1.82, 2.24) is 5.32 Å². The quantitative estimate of drug-likeness (QED) is 0.715. The summed E-state index contributed by atoms with van der Waals surface area (Å²) in [6, 6.07) is 0. The first-order valence-corrected chi connectivity index (χ1v) is 6.69. The predicted octanol–water partition coefficient (Wildman–Crippen LogP) is 2.50. The maximum absolute atomic E-state index is 10.9. The summed E-state index contributed by atoms with van der Waals surface area (Å²) in [5.74, 6) is 1.19. The Labute approximate surface area is 111 Å². The van der Waals surface area contributed by atoms with E-state index < -0.39 is 5.60 Å². The first-order valence-electron chi connectivity index (χ1n) is 6.69. The molecule has 1 saturated carbocycles. The van der Waals surface area contributed by atoms with Crippen molar-refractivity contribution in [2.24, 2.45) is 17.3 Å². The van der Waals surface area contributed by atoms with E-state index in [-0.39, 0.29) is 11.2 Å². The molecule has 0 bridgehead atoms. The third-order valence-electron chi connectivity index (χ3n) is 4.03. The van der Waals surface area contributed by atoms with Crippen LogP contribution in [-0.2, 0) is 4.79 Å². The summed E-state index contributed by atoms with van der Waals surface area (Å²) >= 11 is 0. The number of allylic oxidation sites excluding steroid dienone is 2. The molecule has 0 saturated heterocycles. The van der Waals surface area contributed by atoms with Crippen LogP contribution in [0.25, 0.3) is 0 Å². The van der Waals surface area contributed by atoms with Gasteiger partial charge in [0.15, 0.2) is 5.78 Å². The number of aliphatic hydroxyl groups is 1. The van der Waals surface area contributed by atoms with Crippen LogP contribution in [0.2, 0.25) is 0 Å². The van der Waals surface area contributed by atoms with Crippen molar-refractivity contribution in [2.45, 2.75) is 53.6 Å². The fourth-order valence-corrected chi connectivity index (χ4v) is 2.83. The van der Waals surface area contributed by atoms with E-state index in [9.17, 15) is 9.90 Å². The summed E-state index contributed by atoms with van der Waals surface area (Å²) in [6.45, 7) is 12.6. The molecular weight excluding hydrogens is 226 g/mol. The van der Waals surface area contributed by atoms with Gasteiger partial charge in [-0.05, 0) is 57.4 Å². The van der Waals surface area contributed by atoms with E-state index in [4.69, 9.17) is 0 Å². The molecule has 1 aliphatic carbocycles. The Morgan fingerprint density at radius 2 is 1.89 bits per heavy atom. The summed E-state index contributed by atoms with van der Waals surface area (Å²) in [4.78, 5) is 10.9. The lowest BCUT2D eigenvalue weighted by Gasteiger charge is -2.17. The highest BCUT2D eigenvalue weighted by atomic mass is 16.3. The molecule has 0 spiro atoms. The molecule has 0 heterocycles. The monoisotopic (exact) mass is 253 g/mol. The van der Waals surface area contributed by atoms with Crippen LogP contribution in [0.3, 0.4) is 0 Å². The van der Waals surface area contributed by atoms with Gasteiger partial charge >= 0.3 is 0 Å². The molecule has 0 aromatic carbocycles. The second-order valence-electron chi connectivity index (χ2n) is 6.87. The van der Waals surface area contributed by atoms with Gasteiger partial charge in [0.2, 0.25) is 0 Å². The molecule has 104 valence electrons. The Kier molecular flexibility index (Phi) is 4.26. The van der Waals surface area contributed by atoms with Gasteiger partial charge in [-0.3, -0.25) is 4.79 Å². The predicted molar refractivity (Wildman–Crippen MR) is 74.1 cm³/mol. The standard InChI is InChI=1S/C15H27NO2/c1-10(7-11(2)17)16-9-13-12(15(13,5)6)8-14(3,4)18/h7,12-13,16,18H,8-9H2,1-6H3/b10-7+/t12-,13+/m0/s1. The summed E-state index contributed by atoms with van der Waals surface area (Å²) in [5.41, 5.74) is 0.608.